The van der Waals surface area contributed by atoms with Gasteiger partial charge in [-0.2, -0.15) is 0 Å². The summed E-state index contributed by atoms with van der Waals surface area (Å²) < 4.78 is 20.0. The zero-order chi connectivity index (χ0) is 23.9. The maximum absolute atomic E-state index is 14.3. The van der Waals surface area contributed by atoms with Gasteiger partial charge in [0.25, 0.3) is 0 Å². The molecule has 0 unspecified atom stereocenters. The molecular formula is C26H28FN3O3S. The Labute approximate surface area is 202 Å². The van der Waals surface area contributed by atoms with Crippen molar-refractivity contribution in [1.29, 1.82) is 0 Å². The molecule has 1 aliphatic rings. The van der Waals surface area contributed by atoms with Gasteiger partial charge in [0, 0.05) is 17.0 Å². The Balaban J connectivity index is 1.39. The van der Waals surface area contributed by atoms with Crippen LogP contribution in [-0.4, -0.2) is 23.4 Å². The lowest BCUT2D eigenvalue weighted by atomic mass is 9.88. The van der Waals surface area contributed by atoms with Gasteiger partial charge in [0.1, 0.15) is 16.6 Å². The molecule has 1 fully saturated rings. The summed E-state index contributed by atoms with van der Waals surface area (Å²) in [4.78, 5) is 29.7. The third kappa shape index (κ3) is 5.99. The van der Waals surface area contributed by atoms with E-state index in [0.717, 1.165) is 48.4 Å². The van der Waals surface area contributed by atoms with E-state index in [9.17, 15) is 14.0 Å². The predicted octanol–water partition coefficient (Wildman–Crippen LogP) is 6.05. The van der Waals surface area contributed by atoms with Crippen LogP contribution in [0.5, 0.6) is 5.75 Å². The van der Waals surface area contributed by atoms with Gasteiger partial charge in [0.15, 0.2) is 0 Å². The van der Waals surface area contributed by atoms with Gasteiger partial charge in [0.2, 0.25) is 11.8 Å². The first-order valence-electron chi connectivity index (χ1n) is 11.6. The third-order valence-electron chi connectivity index (χ3n) is 5.79. The highest BCUT2D eigenvalue weighted by molar-refractivity contribution is 7.13. The number of nitrogens with zero attached hydrogens (tertiary/aromatic N) is 1. The monoisotopic (exact) mass is 481 g/mol. The third-order valence-corrected chi connectivity index (χ3v) is 6.72. The summed E-state index contributed by atoms with van der Waals surface area (Å²) in [6.45, 7) is 2.48. The molecule has 4 rings (SSSR count). The summed E-state index contributed by atoms with van der Waals surface area (Å²) in [5, 5.41) is 8.09. The molecule has 1 heterocycles. The second-order valence-electron chi connectivity index (χ2n) is 8.32. The van der Waals surface area contributed by atoms with Crippen LogP contribution in [0.4, 0.5) is 15.8 Å². The highest BCUT2D eigenvalue weighted by Crippen LogP contribution is 2.32. The van der Waals surface area contributed by atoms with Crippen LogP contribution < -0.4 is 15.4 Å². The molecule has 1 aliphatic carbocycles. The SMILES string of the molecule is CCOc1ccccc1-c1nc(CC(=O)Nc2ccc(F)c(NC(=O)C3CCCCC3)c2)cs1. The highest BCUT2D eigenvalue weighted by Gasteiger charge is 2.22. The van der Waals surface area contributed by atoms with E-state index in [1.807, 2.05) is 36.6 Å². The average Bonchev–Trinajstić information content (AvgIpc) is 3.30. The minimum Gasteiger partial charge on any atom is -0.493 e. The summed E-state index contributed by atoms with van der Waals surface area (Å²) in [5.41, 5.74) is 2.02. The Morgan fingerprint density at radius 1 is 1.12 bits per heavy atom. The Hall–Kier alpha value is -3.26. The van der Waals surface area contributed by atoms with E-state index in [4.69, 9.17) is 4.74 Å². The molecule has 2 N–H and O–H groups in total. The van der Waals surface area contributed by atoms with Gasteiger partial charge in [-0.3, -0.25) is 9.59 Å². The van der Waals surface area contributed by atoms with E-state index < -0.39 is 5.82 Å². The molecule has 0 aliphatic heterocycles. The number of anilines is 2. The number of para-hydroxylation sites is 1. The average molecular weight is 482 g/mol. The lowest BCUT2D eigenvalue weighted by Gasteiger charge is -2.21. The topological polar surface area (TPSA) is 80.3 Å². The van der Waals surface area contributed by atoms with Crippen molar-refractivity contribution < 1.29 is 18.7 Å². The van der Waals surface area contributed by atoms with Crippen LogP contribution in [0.3, 0.4) is 0 Å². The Bertz CT molecular complexity index is 1160. The van der Waals surface area contributed by atoms with Crippen molar-refractivity contribution >= 4 is 34.5 Å². The number of rotatable bonds is 8. The number of aromatic nitrogens is 1. The van der Waals surface area contributed by atoms with E-state index in [1.54, 1.807) is 0 Å². The Morgan fingerprint density at radius 3 is 2.71 bits per heavy atom. The number of halogens is 1. The summed E-state index contributed by atoms with van der Waals surface area (Å²) >= 11 is 1.45. The molecule has 3 aromatic rings. The zero-order valence-electron chi connectivity index (χ0n) is 19.1. The number of benzene rings is 2. The number of hydrogen-bond acceptors (Lipinski definition) is 5. The normalized spacial score (nSPS) is 13.9. The van der Waals surface area contributed by atoms with Gasteiger partial charge >= 0.3 is 0 Å². The molecule has 8 heteroatoms. The van der Waals surface area contributed by atoms with Gasteiger partial charge in [-0.05, 0) is 50.1 Å². The molecule has 178 valence electrons. The first-order chi connectivity index (χ1) is 16.5. The van der Waals surface area contributed by atoms with Crippen LogP contribution in [0.1, 0.15) is 44.7 Å². The van der Waals surface area contributed by atoms with Gasteiger partial charge in [-0.15, -0.1) is 11.3 Å². The Morgan fingerprint density at radius 2 is 1.91 bits per heavy atom. The first kappa shape index (κ1) is 23.9. The molecule has 0 spiro atoms. The van der Waals surface area contributed by atoms with Crippen LogP contribution in [-0.2, 0) is 16.0 Å². The Kier molecular flexibility index (Phi) is 7.90. The molecular weight excluding hydrogens is 453 g/mol. The van der Waals surface area contributed by atoms with E-state index in [0.29, 0.717) is 18.0 Å². The van der Waals surface area contributed by atoms with E-state index in [1.165, 1.54) is 29.5 Å². The summed E-state index contributed by atoms with van der Waals surface area (Å²) in [6.07, 6.45) is 4.91. The summed E-state index contributed by atoms with van der Waals surface area (Å²) in [7, 11) is 0. The maximum Gasteiger partial charge on any atom is 0.230 e. The van der Waals surface area contributed by atoms with Crippen molar-refractivity contribution in [2.75, 3.05) is 17.2 Å². The van der Waals surface area contributed by atoms with Crippen LogP contribution in [0.2, 0.25) is 0 Å². The van der Waals surface area contributed by atoms with Gasteiger partial charge in [-0.25, -0.2) is 9.37 Å². The van der Waals surface area contributed by atoms with E-state index in [2.05, 4.69) is 15.6 Å². The quantitative estimate of drug-likeness (QED) is 0.411. The fraction of sp³-hybridized carbons (Fsp3) is 0.346. The molecule has 2 aromatic carbocycles. The predicted molar refractivity (Wildman–Crippen MR) is 133 cm³/mol. The lowest BCUT2D eigenvalue weighted by molar-refractivity contribution is -0.120. The first-order valence-corrected chi connectivity index (χ1v) is 12.5. The maximum atomic E-state index is 14.3. The lowest BCUT2D eigenvalue weighted by Crippen LogP contribution is -2.25. The van der Waals surface area contributed by atoms with Crippen molar-refractivity contribution in [2.24, 2.45) is 5.92 Å². The van der Waals surface area contributed by atoms with Crippen LogP contribution >= 0.6 is 11.3 Å². The number of thiazole rings is 1. The van der Waals surface area contributed by atoms with Gasteiger partial charge < -0.3 is 15.4 Å². The molecule has 0 bridgehead atoms. The molecule has 2 amide bonds. The highest BCUT2D eigenvalue weighted by atomic mass is 32.1. The van der Waals surface area contributed by atoms with E-state index in [-0.39, 0.29) is 29.8 Å². The van der Waals surface area contributed by atoms with Crippen LogP contribution in [0.15, 0.2) is 47.8 Å². The number of nitrogens with one attached hydrogen (secondary N) is 2. The van der Waals surface area contributed by atoms with Gasteiger partial charge in [0.05, 0.1) is 30.0 Å². The zero-order valence-corrected chi connectivity index (χ0v) is 19.9. The van der Waals surface area contributed by atoms with Crippen LogP contribution in [0.25, 0.3) is 10.6 Å². The standard InChI is InChI=1S/C26H28FN3O3S/c1-2-33-23-11-7-6-10-20(23)26-29-19(16-34-26)15-24(31)28-18-12-13-21(27)22(14-18)30-25(32)17-8-4-3-5-9-17/h6-7,10-14,16-17H,2-5,8-9,15H2,1H3,(H,28,31)(H,30,32). The minimum absolute atomic E-state index is 0.0778. The summed E-state index contributed by atoms with van der Waals surface area (Å²) in [5.74, 6) is -0.294. The second-order valence-corrected chi connectivity index (χ2v) is 9.18. The molecule has 0 radical (unpaired) electrons. The fourth-order valence-corrected chi connectivity index (χ4v) is 4.95. The number of ether oxygens (including phenoxy) is 1. The van der Waals surface area contributed by atoms with E-state index >= 15 is 0 Å². The molecule has 0 saturated heterocycles. The molecule has 34 heavy (non-hydrogen) atoms. The molecule has 6 nitrogen and oxygen atoms in total. The number of hydrogen-bond donors (Lipinski definition) is 2. The minimum atomic E-state index is -0.528. The van der Waals surface area contributed by atoms with Crippen molar-refractivity contribution in [3.8, 4) is 16.3 Å². The summed E-state index contributed by atoms with van der Waals surface area (Å²) in [6, 6.07) is 11.8. The largest absolute Gasteiger partial charge is 0.493 e. The molecule has 0 atom stereocenters. The van der Waals surface area contributed by atoms with Crippen LogP contribution in [0, 0.1) is 11.7 Å². The van der Waals surface area contributed by atoms with Crippen molar-refractivity contribution in [2.45, 2.75) is 45.4 Å². The smallest absolute Gasteiger partial charge is 0.230 e. The van der Waals surface area contributed by atoms with Gasteiger partial charge in [-0.1, -0.05) is 31.4 Å². The van der Waals surface area contributed by atoms with Crippen molar-refractivity contribution in [1.82, 2.24) is 4.98 Å². The van der Waals surface area contributed by atoms with Crippen molar-refractivity contribution in [3.05, 3.63) is 59.4 Å². The van der Waals surface area contributed by atoms with Crippen molar-refractivity contribution in [3.63, 3.8) is 0 Å². The second kappa shape index (κ2) is 11.2. The molecule has 1 aromatic heterocycles. The number of carbonyl (C=O) groups excluding carboxylic acids is 2. The fourth-order valence-electron chi connectivity index (χ4n) is 4.10. The molecule has 1 saturated carbocycles. The number of amides is 2. The number of carbonyl (C=O) groups is 2.